The van der Waals surface area contributed by atoms with Gasteiger partial charge in [-0.1, -0.05) is 0 Å². The predicted molar refractivity (Wildman–Crippen MR) is 60.4 cm³/mol. The molecule has 0 bridgehead atoms. The molecule has 2 unspecified atom stereocenters. The largest absolute Gasteiger partial charge is 0.481 e. The van der Waals surface area contributed by atoms with E-state index in [1.54, 1.807) is 6.92 Å². The van der Waals surface area contributed by atoms with Gasteiger partial charge in [0.25, 0.3) is 5.91 Å². The van der Waals surface area contributed by atoms with Gasteiger partial charge in [0, 0.05) is 18.8 Å². The summed E-state index contributed by atoms with van der Waals surface area (Å²) in [6.07, 6.45) is 1.66. The number of halogens is 1. The first kappa shape index (κ1) is 12.5. The Balaban J connectivity index is 2.21. The average Bonchev–Trinajstić information content (AvgIpc) is 2.71. The van der Waals surface area contributed by atoms with Crippen LogP contribution in [0.5, 0.6) is 0 Å². The maximum atomic E-state index is 13.4. The molecule has 2 atom stereocenters. The van der Waals surface area contributed by atoms with Crippen molar-refractivity contribution >= 4 is 11.9 Å². The second-order valence-electron chi connectivity index (χ2n) is 4.31. The zero-order chi connectivity index (χ0) is 13.3. The average molecular weight is 252 g/mol. The Morgan fingerprint density at radius 3 is 2.83 bits per heavy atom. The standard InChI is InChI=1S/C12H13FN2O3/c1-7-8(12(17)18)4-6-15(7)11(16)9-3-2-5-14-10(9)13/h2-3,5,7-8H,4,6H2,1H3,(H,17,18). The Morgan fingerprint density at radius 1 is 1.56 bits per heavy atom. The molecule has 1 aliphatic heterocycles. The number of nitrogens with zero attached hydrogens (tertiary/aromatic N) is 2. The van der Waals surface area contributed by atoms with E-state index in [0.717, 1.165) is 0 Å². The van der Waals surface area contributed by atoms with E-state index in [4.69, 9.17) is 5.11 Å². The van der Waals surface area contributed by atoms with Gasteiger partial charge in [0.05, 0.1) is 11.5 Å². The van der Waals surface area contributed by atoms with Crippen molar-refractivity contribution in [3.8, 4) is 0 Å². The van der Waals surface area contributed by atoms with Crippen molar-refractivity contribution in [1.82, 2.24) is 9.88 Å². The molecule has 2 rings (SSSR count). The van der Waals surface area contributed by atoms with Crippen molar-refractivity contribution < 1.29 is 19.1 Å². The van der Waals surface area contributed by atoms with Crippen molar-refractivity contribution in [3.63, 3.8) is 0 Å². The number of carbonyl (C=O) groups excluding carboxylic acids is 1. The molecular formula is C12H13FN2O3. The summed E-state index contributed by atoms with van der Waals surface area (Å²) in [5.41, 5.74) is -0.115. The van der Waals surface area contributed by atoms with Crippen LogP contribution in [0.3, 0.4) is 0 Å². The number of carboxylic acid groups (broad SMARTS) is 1. The number of carboxylic acids is 1. The molecule has 1 fully saturated rings. The number of hydrogen-bond donors (Lipinski definition) is 1. The summed E-state index contributed by atoms with van der Waals surface area (Å²) in [7, 11) is 0. The summed E-state index contributed by atoms with van der Waals surface area (Å²) in [5, 5.41) is 8.98. The van der Waals surface area contributed by atoms with Crippen LogP contribution in [0.1, 0.15) is 23.7 Å². The fourth-order valence-corrected chi connectivity index (χ4v) is 2.26. The van der Waals surface area contributed by atoms with E-state index in [-0.39, 0.29) is 5.56 Å². The van der Waals surface area contributed by atoms with Gasteiger partial charge in [0.1, 0.15) is 0 Å². The van der Waals surface area contributed by atoms with Gasteiger partial charge in [-0.3, -0.25) is 9.59 Å². The Labute approximate surface area is 103 Å². The molecule has 6 heteroatoms. The second-order valence-corrected chi connectivity index (χ2v) is 4.31. The quantitative estimate of drug-likeness (QED) is 0.802. The number of amides is 1. The summed E-state index contributed by atoms with van der Waals surface area (Å²) in [5.74, 6) is -2.84. The first-order valence-electron chi connectivity index (χ1n) is 5.66. The number of likely N-dealkylation sites (tertiary alicyclic amines) is 1. The fraction of sp³-hybridized carbons (Fsp3) is 0.417. The second kappa shape index (κ2) is 4.72. The monoisotopic (exact) mass is 252 g/mol. The van der Waals surface area contributed by atoms with Crippen LogP contribution in [-0.4, -0.2) is 39.5 Å². The van der Waals surface area contributed by atoms with Crippen molar-refractivity contribution in [1.29, 1.82) is 0 Å². The lowest BCUT2D eigenvalue weighted by atomic mass is 10.0. The number of aliphatic carboxylic acids is 1. The Hall–Kier alpha value is -1.98. The summed E-state index contributed by atoms with van der Waals surface area (Å²) in [6.45, 7) is 1.99. The van der Waals surface area contributed by atoms with Gasteiger partial charge in [-0.2, -0.15) is 4.39 Å². The molecule has 0 aromatic carbocycles. The first-order chi connectivity index (χ1) is 8.52. The number of hydrogen-bond acceptors (Lipinski definition) is 3. The van der Waals surface area contributed by atoms with Gasteiger partial charge in [-0.15, -0.1) is 0 Å². The molecule has 96 valence electrons. The highest BCUT2D eigenvalue weighted by molar-refractivity contribution is 5.95. The van der Waals surface area contributed by atoms with Gasteiger partial charge in [0.2, 0.25) is 5.95 Å². The predicted octanol–water partition coefficient (Wildman–Crippen LogP) is 1.16. The molecule has 18 heavy (non-hydrogen) atoms. The van der Waals surface area contributed by atoms with Crippen molar-refractivity contribution in [2.24, 2.45) is 5.92 Å². The lowest BCUT2D eigenvalue weighted by Gasteiger charge is -2.23. The third-order valence-electron chi connectivity index (χ3n) is 3.32. The van der Waals surface area contributed by atoms with E-state index in [2.05, 4.69) is 4.98 Å². The molecule has 5 nitrogen and oxygen atoms in total. The summed E-state index contributed by atoms with van der Waals surface area (Å²) < 4.78 is 13.4. The highest BCUT2D eigenvalue weighted by atomic mass is 19.1. The first-order valence-corrected chi connectivity index (χ1v) is 5.66. The number of carbonyl (C=O) groups is 2. The topological polar surface area (TPSA) is 70.5 Å². The van der Waals surface area contributed by atoms with Gasteiger partial charge in [0.15, 0.2) is 0 Å². The van der Waals surface area contributed by atoms with Crippen molar-refractivity contribution in [2.45, 2.75) is 19.4 Å². The van der Waals surface area contributed by atoms with Crippen LogP contribution in [0.25, 0.3) is 0 Å². The van der Waals surface area contributed by atoms with E-state index in [1.165, 1.54) is 23.2 Å². The molecule has 2 heterocycles. The smallest absolute Gasteiger partial charge is 0.308 e. The Bertz CT molecular complexity index is 492. The molecule has 1 amide bonds. The van der Waals surface area contributed by atoms with E-state index >= 15 is 0 Å². The fourth-order valence-electron chi connectivity index (χ4n) is 2.26. The number of aromatic nitrogens is 1. The Morgan fingerprint density at radius 2 is 2.28 bits per heavy atom. The minimum Gasteiger partial charge on any atom is -0.481 e. The van der Waals surface area contributed by atoms with Crippen LogP contribution >= 0.6 is 0 Å². The molecule has 0 spiro atoms. The lowest BCUT2D eigenvalue weighted by Crippen LogP contribution is -2.38. The zero-order valence-corrected chi connectivity index (χ0v) is 9.84. The van der Waals surface area contributed by atoms with E-state index in [0.29, 0.717) is 13.0 Å². The minimum atomic E-state index is -0.926. The zero-order valence-electron chi connectivity index (χ0n) is 9.84. The molecule has 1 saturated heterocycles. The van der Waals surface area contributed by atoms with Crippen LogP contribution in [0.2, 0.25) is 0 Å². The SMILES string of the molecule is CC1C(C(=O)O)CCN1C(=O)c1cccnc1F. The highest BCUT2D eigenvalue weighted by Gasteiger charge is 2.38. The summed E-state index contributed by atoms with van der Waals surface area (Å²) >= 11 is 0. The molecule has 1 aromatic rings. The maximum Gasteiger partial charge on any atom is 0.308 e. The van der Waals surface area contributed by atoms with Gasteiger partial charge in [-0.25, -0.2) is 4.98 Å². The van der Waals surface area contributed by atoms with Crippen LogP contribution < -0.4 is 0 Å². The van der Waals surface area contributed by atoms with Crippen molar-refractivity contribution in [2.75, 3.05) is 6.54 Å². The molecule has 1 aliphatic rings. The third kappa shape index (κ3) is 2.05. The molecule has 1 N–H and O–H groups in total. The number of pyridine rings is 1. The highest BCUT2D eigenvalue weighted by Crippen LogP contribution is 2.26. The van der Waals surface area contributed by atoms with Gasteiger partial charge in [-0.05, 0) is 25.5 Å². The molecule has 0 saturated carbocycles. The minimum absolute atomic E-state index is 0.115. The van der Waals surface area contributed by atoms with E-state index < -0.39 is 29.8 Å². The van der Waals surface area contributed by atoms with E-state index in [9.17, 15) is 14.0 Å². The Kier molecular flexibility index (Phi) is 3.27. The van der Waals surface area contributed by atoms with Crippen LogP contribution in [0.4, 0.5) is 4.39 Å². The maximum absolute atomic E-state index is 13.4. The molecule has 0 aliphatic carbocycles. The molecule has 1 aromatic heterocycles. The van der Waals surface area contributed by atoms with E-state index in [1.807, 2.05) is 0 Å². The summed E-state index contributed by atoms with van der Waals surface area (Å²) in [6, 6.07) is 2.40. The summed E-state index contributed by atoms with van der Waals surface area (Å²) in [4.78, 5) is 27.9. The van der Waals surface area contributed by atoms with Gasteiger partial charge >= 0.3 is 5.97 Å². The molecular weight excluding hydrogens is 239 g/mol. The third-order valence-corrected chi connectivity index (χ3v) is 3.32. The van der Waals surface area contributed by atoms with Crippen LogP contribution in [0.15, 0.2) is 18.3 Å². The van der Waals surface area contributed by atoms with Crippen LogP contribution in [0, 0.1) is 11.9 Å². The van der Waals surface area contributed by atoms with Crippen molar-refractivity contribution in [3.05, 3.63) is 29.8 Å². The molecule has 0 radical (unpaired) electrons. The van der Waals surface area contributed by atoms with Gasteiger partial charge < -0.3 is 10.0 Å². The normalized spacial score (nSPS) is 23.1. The lowest BCUT2D eigenvalue weighted by molar-refractivity contribution is -0.142. The van der Waals surface area contributed by atoms with Crippen LogP contribution in [-0.2, 0) is 4.79 Å². The number of rotatable bonds is 2.